The molecule has 3 aromatic carbocycles. The van der Waals surface area contributed by atoms with Gasteiger partial charge in [0.15, 0.2) is 5.11 Å². The minimum absolute atomic E-state index is 0.0135. The van der Waals surface area contributed by atoms with Gasteiger partial charge in [0.05, 0.1) is 0 Å². The summed E-state index contributed by atoms with van der Waals surface area (Å²) in [6.45, 7) is 2.36. The van der Waals surface area contributed by atoms with Crippen LogP contribution in [0.15, 0.2) is 84.9 Å². The van der Waals surface area contributed by atoms with Crippen LogP contribution >= 0.6 is 23.8 Å². The van der Waals surface area contributed by atoms with E-state index in [1.807, 2.05) is 48.5 Å². The van der Waals surface area contributed by atoms with Crippen molar-refractivity contribution in [1.29, 1.82) is 0 Å². The molecule has 1 aromatic heterocycles. The maximum atomic E-state index is 6.38. The summed E-state index contributed by atoms with van der Waals surface area (Å²) in [5.41, 5.74) is 3.95. The monoisotopic (exact) mass is 583 g/mol. The summed E-state index contributed by atoms with van der Waals surface area (Å²) in [4.78, 5) is 11.8. The zero-order valence-electron chi connectivity index (χ0n) is 23.0. The summed E-state index contributed by atoms with van der Waals surface area (Å²) in [6.07, 6.45) is 6.80. The third-order valence-electron chi connectivity index (χ3n) is 8.17. The van der Waals surface area contributed by atoms with E-state index >= 15 is 0 Å². The Labute approximate surface area is 252 Å². The van der Waals surface area contributed by atoms with E-state index in [2.05, 4.69) is 56.9 Å². The molecule has 6 nitrogen and oxygen atoms in total. The lowest BCUT2D eigenvalue weighted by molar-refractivity contribution is 0.292. The molecule has 1 aliphatic carbocycles. The summed E-state index contributed by atoms with van der Waals surface area (Å²) in [5.74, 6) is 2.39. The first-order chi connectivity index (χ1) is 20.1. The Kier molecular flexibility index (Phi) is 8.35. The normalized spacial score (nSPS) is 16.0. The van der Waals surface area contributed by atoms with Gasteiger partial charge in [-0.05, 0) is 72.4 Å². The highest BCUT2D eigenvalue weighted by Gasteiger charge is 2.34. The molecule has 1 saturated carbocycles. The molecule has 2 aliphatic rings. The molecule has 0 saturated heterocycles. The predicted molar refractivity (Wildman–Crippen MR) is 170 cm³/mol. The lowest BCUT2D eigenvalue weighted by Crippen LogP contribution is -2.43. The van der Waals surface area contributed by atoms with Gasteiger partial charge >= 0.3 is 0 Å². The second kappa shape index (κ2) is 12.5. The smallest absolute Gasteiger partial charge is 0.234 e. The summed E-state index contributed by atoms with van der Waals surface area (Å²) in [5, 5.41) is 7.99. The highest BCUT2D eigenvalue weighted by molar-refractivity contribution is 7.80. The molecule has 1 fully saturated rings. The first-order valence-corrected chi connectivity index (χ1v) is 15.1. The van der Waals surface area contributed by atoms with Crippen molar-refractivity contribution in [3.8, 4) is 11.6 Å². The molecule has 2 N–H and O–H groups in total. The molecule has 0 atom stereocenters. The van der Waals surface area contributed by atoms with E-state index in [-0.39, 0.29) is 5.41 Å². The van der Waals surface area contributed by atoms with E-state index in [9.17, 15) is 0 Å². The van der Waals surface area contributed by atoms with Crippen molar-refractivity contribution in [3.63, 3.8) is 0 Å². The van der Waals surface area contributed by atoms with Gasteiger partial charge in [-0.15, -0.1) is 0 Å². The van der Waals surface area contributed by atoms with Gasteiger partial charge in [0.1, 0.15) is 11.6 Å². The van der Waals surface area contributed by atoms with Gasteiger partial charge < -0.3 is 20.3 Å². The Hall–Kier alpha value is -3.68. The number of nitrogens with zero attached hydrogens (tertiary/aromatic N) is 3. The number of nitrogens with one attached hydrogen (secondary N) is 2. The zero-order chi connectivity index (χ0) is 28.1. The third-order valence-corrected chi connectivity index (χ3v) is 8.65. The number of thiocarbonyl (C=S) groups is 1. The molecule has 0 unspecified atom stereocenters. The van der Waals surface area contributed by atoms with Crippen LogP contribution in [0.2, 0.25) is 5.02 Å². The maximum absolute atomic E-state index is 6.38. The van der Waals surface area contributed by atoms with Crippen LogP contribution in [0, 0.1) is 0 Å². The van der Waals surface area contributed by atoms with Crippen molar-refractivity contribution in [2.75, 3.05) is 23.3 Å². The number of hydrogen-bond donors (Lipinski definition) is 2. The van der Waals surface area contributed by atoms with Gasteiger partial charge in [-0.2, -0.15) is 9.97 Å². The minimum Gasteiger partial charge on any atom is -0.439 e. The zero-order valence-corrected chi connectivity index (χ0v) is 24.6. The van der Waals surface area contributed by atoms with E-state index in [0.717, 1.165) is 49.7 Å². The first kappa shape index (κ1) is 27.5. The number of ether oxygens (including phenoxy) is 1. The SMILES string of the molecule is S=C(NCC1(c2cccc(Cl)c2)CCCCC1)Nc1nc(Oc2ccccc2)cc(N2CCc3ccccc3C2)n1. The quantitative estimate of drug-likeness (QED) is 0.216. The van der Waals surface area contributed by atoms with E-state index in [1.165, 1.54) is 36.0 Å². The molecule has 2 heterocycles. The molecule has 0 bridgehead atoms. The number of halogens is 1. The number of rotatable bonds is 7. The molecule has 41 heavy (non-hydrogen) atoms. The number of aromatic nitrogens is 2. The number of benzene rings is 3. The van der Waals surface area contributed by atoms with Gasteiger partial charge in [-0.1, -0.05) is 85.5 Å². The molecule has 8 heteroatoms. The Balaban J connectivity index is 1.22. The summed E-state index contributed by atoms with van der Waals surface area (Å²) < 4.78 is 6.15. The number of fused-ring (bicyclic) bond motifs is 1. The molecule has 0 radical (unpaired) electrons. The average Bonchev–Trinajstić information content (AvgIpc) is 3.01. The van der Waals surface area contributed by atoms with Crippen LogP contribution in [0.3, 0.4) is 0 Å². The van der Waals surface area contributed by atoms with Crippen molar-refractivity contribution in [3.05, 3.63) is 107 Å². The van der Waals surface area contributed by atoms with Gasteiger partial charge in [0.2, 0.25) is 11.8 Å². The van der Waals surface area contributed by atoms with Crippen molar-refractivity contribution in [2.24, 2.45) is 0 Å². The third kappa shape index (κ3) is 6.63. The van der Waals surface area contributed by atoms with Gasteiger partial charge in [-0.25, -0.2) is 0 Å². The second-order valence-corrected chi connectivity index (χ2v) is 11.7. The fraction of sp³-hybridized carbons (Fsp3) is 0.303. The summed E-state index contributed by atoms with van der Waals surface area (Å²) in [7, 11) is 0. The van der Waals surface area contributed by atoms with Gasteiger partial charge in [0, 0.05) is 36.1 Å². The Morgan fingerprint density at radius 2 is 1.68 bits per heavy atom. The number of anilines is 2. The van der Waals surface area contributed by atoms with E-state index in [4.69, 9.17) is 33.5 Å². The van der Waals surface area contributed by atoms with Crippen molar-refractivity contribution >= 4 is 40.7 Å². The Morgan fingerprint density at radius 1 is 0.902 bits per heavy atom. The van der Waals surface area contributed by atoms with E-state index in [0.29, 0.717) is 22.7 Å². The first-order valence-electron chi connectivity index (χ1n) is 14.3. The lowest BCUT2D eigenvalue weighted by Gasteiger charge is -2.38. The molecular weight excluding hydrogens is 550 g/mol. The standard InChI is InChI=1S/C33H34ClN5OS/c34-27-13-9-12-26(20-27)33(17-7-2-8-18-33)23-35-32(41)38-31-36-29(21-30(37-31)40-28-14-3-1-4-15-28)39-19-16-24-10-5-6-11-25(24)22-39/h1,3-6,9-15,20-21H,2,7-8,16-19,22-23H2,(H2,35,36,37,38,41). The van der Waals surface area contributed by atoms with Crippen LogP contribution in [0.25, 0.3) is 0 Å². The van der Waals surface area contributed by atoms with Crippen molar-refractivity contribution < 1.29 is 4.74 Å². The maximum Gasteiger partial charge on any atom is 0.234 e. The van der Waals surface area contributed by atoms with Gasteiger partial charge in [-0.3, -0.25) is 0 Å². The van der Waals surface area contributed by atoms with Gasteiger partial charge in [0.25, 0.3) is 0 Å². The molecule has 1 aliphatic heterocycles. The molecule has 0 amide bonds. The van der Waals surface area contributed by atoms with Crippen LogP contribution in [0.5, 0.6) is 11.6 Å². The van der Waals surface area contributed by atoms with E-state index in [1.54, 1.807) is 0 Å². The van der Waals surface area contributed by atoms with Crippen LogP contribution in [-0.2, 0) is 18.4 Å². The Bertz CT molecular complexity index is 1510. The van der Waals surface area contributed by atoms with Crippen molar-refractivity contribution in [2.45, 2.75) is 50.5 Å². The minimum atomic E-state index is -0.0135. The lowest BCUT2D eigenvalue weighted by atomic mass is 9.69. The number of para-hydroxylation sites is 1. The van der Waals surface area contributed by atoms with Crippen LogP contribution in [0.4, 0.5) is 11.8 Å². The molecule has 0 spiro atoms. The molecule has 4 aromatic rings. The molecule has 210 valence electrons. The topological polar surface area (TPSA) is 62.3 Å². The summed E-state index contributed by atoms with van der Waals surface area (Å²) >= 11 is 12.2. The van der Waals surface area contributed by atoms with E-state index < -0.39 is 0 Å². The van der Waals surface area contributed by atoms with Crippen LogP contribution < -0.4 is 20.3 Å². The highest BCUT2D eigenvalue weighted by atomic mass is 35.5. The fourth-order valence-electron chi connectivity index (χ4n) is 5.99. The molecular formula is C33H34ClN5OS. The predicted octanol–water partition coefficient (Wildman–Crippen LogP) is 7.67. The fourth-order valence-corrected chi connectivity index (χ4v) is 6.35. The van der Waals surface area contributed by atoms with Crippen LogP contribution in [-0.4, -0.2) is 28.2 Å². The number of hydrogen-bond acceptors (Lipinski definition) is 5. The largest absolute Gasteiger partial charge is 0.439 e. The average molecular weight is 584 g/mol. The van der Waals surface area contributed by atoms with Crippen molar-refractivity contribution in [1.82, 2.24) is 15.3 Å². The summed E-state index contributed by atoms with van der Waals surface area (Å²) in [6, 6.07) is 28.4. The highest BCUT2D eigenvalue weighted by Crippen LogP contribution is 2.40. The van der Waals surface area contributed by atoms with Crippen LogP contribution in [0.1, 0.15) is 48.8 Å². The molecule has 6 rings (SSSR count). The Morgan fingerprint density at radius 3 is 2.49 bits per heavy atom. The second-order valence-electron chi connectivity index (χ2n) is 10.9.